The van der Waals surface area contributed by atoms with Crippen LogP contribution in [0, 0.1) is 17.3 Å². The van der Waals surface area contributed by atoms with Gasteiger partial charge in [0.2, 0.25) is 0 Å². The minimum absolute atomic E-state index is 0.0448. The highest BCUT2D eigenvalue weighted by Crippen LogP contribution is 2.63. The molecule has 0 radical (unpaired) electrons. The molecule has 162 valence electrons. The number of nitrogens with two attached hydrogens (primary N) is 2. The molecule has 0 aliphatic heterocycles. The van der Waals surface area contributed by atoms with Gasteiger partial charge in [0.1, 0.15) is 5.75 Å². The fourth-order valence-corrected chi connectivity index (χ4v) is 7.83. The van der Waals surface area contributed by atoms with E-state index in [1.54, 1.807) is 12.1 Å². The van der Waals surface area contributed by atoms with Crippen molar-refractivity contribution in [3.63, 3.8) is 0 Å². The lowest BCUT2D eigenvalue weighted by Gasteiger charge is -2.51. The molecule has 11 heteroatoms. The predicted molar refractivity (Wildman–Crippen MR) is 111 cm³/mol. The van der Waals surface area contributed by atoms with Crippen molar-refractivity contribution in [2.45, 2.75) is 55.9 Å². The third kappa shape index (κ3) is 4.09. The summed E-state index contributed by atoms with van der Waals surface area (Å²) in [5.41, 5.74) is 1.98. The fraction of sp³-hybridized carbons (Fsp3) is 0.667. The van der Waals surface area contributed by atoms with Crippen LogP contribution < -0.4 is 14.5 Å². The lowest BCUT2D eigenvalue weighted by Crippen LogP contribution is -2.45. The van der Waals surface area contributed by atoms with Gasteiger partial charge in [-0.2, -0.15) is 22.0 Å². The highest BCUT2D eigenvalue weighted by Gasteiger charge is 2.56. The second-order valence-electron chi connectivity index (χ2n) is 8.65. The third-order valence-electron chi connectivity index (χ3n) is 7.09. The zero-order valence-corrected chi connectivity index (χ0v) is 19.2. The van der Waals surface area contributed by atoms with Crippen molar-refractivity contribution in [2.24, 2.45) is 27.5 Å². The summed E-state index contributed by atoms with van der Waals surface area (Å²) in [6.45, 7) is 2.12. The van der Waals surface area contributed by atoms with Crippen LogP contribution in [0.25, 0.3) is 0 Å². The van der Waals surface area contributed by atoms with Crippen LogP contribution in [0.4, 0.5) is 0 Å². The van der Waals surface area contributed by atoms with Gasteiger partial charge in [0, 0.05) is 4.83 Å². The van der Waals surface area contributed by atoms with Crippen LogP contribution in [0.15, 0.2) is 18.2 Å². The van der Waals surface area contributed by atoms with Gasteiger partial charge in [0.05, 0.1) is 6.10 Å². The molecule has 0 aromatic heterocycles. The summed E-state index contributed by atoms with van der Waals surface area (Å²) < 4.78 is 55.6. The summed E-state index contributed by atoms with van der Waals surface area (Å²) in [5.74, 6) is 1.25. The zero-order valence-electron chi connectivity index (χ0n) is 16.0. The molecule has 0 spiro atoms. The number of hydrogen-bond donors (Lipinski definition) is 2. The maximum atomic E-state index is 11.5. The van der Waals surface area contributed by atoms with E-state index >= 15 is 0 Å². The fourth-order valence-electron chi connectivity index (χ4n) is 5.99. The molecule has 1 aromatic rings. The second kappa shape index (κ2) is 7.16. The van der Waals surface area contributed by atoms with E-state index < -0.39 is 20.6 Å². The van der Waals surface area contributed by atoms with Crippen LogP contribution in [0.1, 0.15) is 60.9 Å². The van der Waals surface area contributed by atoms with Gasteiger partial charge in [0.25, 0.3) is 0 Å². The Morgan fingerprint density at radius 3 is 2.45 bits per heavy atom. The molecule has 0 bridgehead atoms. The zero-order chi connectivity index (χ0) is 21.2. The monoisotopic (exact) mass is 508 g/mol. The minimum Gasteiger partial charge on any atom is -0.371 e. The van der Waals surface area contributed by atoms with E-state index in [9.17, 15) is 16.8 Å². The Labute approximate surface area is 180 Å². The SMILES string of the molecule is C[C@]12CC[C@@H]3c4ccc(OS(N)(=O)=O)cc4[C@H](Br)C[C@H]3[C@@H]1CC[C@@H]2OS(N)(=O)=O. The highest BCUT2D eigenvalue weighted by atomic mass is 79.9. The normalized spacial score (nSPS) is 36.8. The molecule has 3 aliphatic carbocycles. The van der Waals surface area contributed by atoms with Crippen molar-refractivity contribution < 1.29 is 25.2 Å². The maximum absolute atomic E-state index is 11.5. The number of benzene rings is 1. The van der Waals surface area contributed by atoms with Crippen LogP contribution in [-0.2, 0) is 24.8 Å². The molecule has 4 rings (SSSR count). The average Bonchev–Trinajstić information content (AvgIpc) is 2.89. The standard InChI is InChI=1S/C18H25BrN2O6S2/c1-18-7-6-12-11-3-2-10(26-28(20,22)23)8-14(11)16(19)9-13(12)15(18)4-5-17(18)27-29(21,24)25/h2-3,8,12-13,15-17H,4-7,9H2,1H3,(H2,20,22,23)(H2,21,24,25)/t12-,13-,15+,16-,17+,18+/m1/s1. The van der Waals surface area contributed by atoms with Gasteiger partial charge in [-0.05, 0) is 78.5 Å². The quantitative estimate of drug-likeness (QED) is 0.599. The summed E-state index contributed by atoms with van der Waals surface area (Å²) in [4.78, 5) is 0.0448. The van der Waals surface area contributed by atoms with Gasteiger partial charge in [-0.15, -0.1) is 0 Å². The molecule has 2 saturated carbocycles. The number of halogens is 1. The Hall–Kier alpha value is -0.720. The Bertz CT molecular complexity index is 1030. The van der Waals surface area contributed by atoms with E-state index in [2.05, 4.69) is 22.9 Å². The molecule has 0 unspecified atom stereocenters. The molecule has 6 atom stereocenters. The molecule has 8 nitrogen and oxygen atoms in total. The summed E-state index contributed by atoms with van der Waals surface area (Å²) in [6.07, 6.45) is 3.83. The topological polar surface area (TPSA) is 139 Å². The van der Waals surface area contributed by atoms with Crippen LogP contribution in [0.3, 0.4) is 0 Å². The van der Waals surface area contributed by atoms with E-state index in [0.29, 0.717) is 24.2 Å². The van der Waals surface area contributed by atoms with Gasteiger partial charge in [-0.25, -0.2) is 5.14 Å². The highest BCUT2D eigenvalue weighted by molar-refractivity contribution is 9.09. The minimum atomic E-state index is -4.07. The average molecular weight is 509 g/mol. The van der Waals surface area contributed by atoms with Crippen LogP contribution >= 0.6 is 15.9 Å². The van der Waals surface area contributed by atoms with Crippen LogP contribution in [0.2, 0.25) is 0 Å². The van der Waals surface area contributed by atoms with Crippen molar-refractivity contribution >= 4 is 36.5 Å². The Morgan fingerprint density at radius 2 is 1.79 bits per heavy atom. The van der Waals surface area contributed by atoms with Crippen LogP contribution in [0.5, 0.6) is 5.75 Å². The van der Waals surface area contributed by atoms with E-state index in [1.165, 1.54) is 5.56 Å². The van der Waals surface area contributed by atoms with E-state index in [4.69, 9.17) is 18.6 Å². The lowest BCUT2D eigenvalue weighted by atomic mass is 9.55. The largest absolute Gasteiger partial charge is 0.380 e. The molecule has 3 aliphatic rings. The Kier molecular flexibility index (Phi) is 5.31. The number of fused-ring (bicyclic) bond motifs is 5. The molecule has 29 heavy (non-hydrogen) atoms. The van der Waals surface area contributed by atoms with E-state index in [1.807, 2.05) is 6.07 Å². The predicted octanol–water partition coefficient (Wildman–Crippen LogP) is 2.61. The van der Waals surface area contributed by atoms with E-state index in [-0.39, 0.29) is 22.1 Å². The molecular formula is C18H25BrN2O6S2. The van der Waals surface area contributed by atoms with Gasteiger partial charge in [0.15, 0.2) is 0 Å². The molecule has 2 fully saturated rings. The Balaban J connectivity index is 1.63. The molecule has 0 amide bonds. The summed E-state index contributed by atoms with van der Waals surface area (Å²) >= 11 is 3.76. The maximum Gasteiger partial charge on any atom is 0.380 e. The Morgan fingerprint density at radius 1 is 1.07 bits per heavy atom. The molecule has 1 aromatic carbocycles. The first-order valence-corrected chi connectivity index (χ1v) is 13.4. The summed E-state index contributed by atoms with van der Waals surface area (Å²) in [6, 6.07) is 5.31. The molecule has 4 N–H and O–H groups in total. The molecule has 0 saturated heterocycles. The van der Waals surface area contributed by atoms with Gasteiger partial charge >= 0.3 is 20.6 Å². The van der Waals surface area contributed by atoms with Crippen molar-refractivity contribution in [1.82, 2.24) is 0 Å². The second-order valence-corrected chi connectivity index (χ2v) is 12.1. The van der Waals surface area contributed by atoms with Gasteiger partial charge in [-0.3, -0.25) is 4.18 Å². The first-order valence-electron chi connectivity index (χ1n) is 9.58. The van der Waals surface area contributed by atoms with Crippen molar-refractivity contribution in [3.8, 4) is 5.75 Å². The van der Waals surface area contributed by atoms with Gasteiger partial charge < -0.3 is 4.18 Å². The first-order chi connectivity index (χ1) is 13.4. The smallest absolute Gasteiger partial charge is 0.371 e. The number of hydrogen-bond acceptors (Lipinski definition) is 6. The molecular weight excluding hydrogens is 484 g/mol. The summed E-state index contributed by atoms with van der Waals surface area (Å²) in [5, 5.41) is 10.1. The van der Waals surface area contributed by atoms with Crippen molar-refractivity contribution in [2.75, 3.05) is 0 Å². The lowest BCUT2D eigenvalue weighted by molar-refractivity contribution is -0.00812. The van der Waals surface area contributed by atoms with Crippen molar-refractivity contribution in [3.05, 3.63) is 29.3 Å². The summed E-state index contributed by atoms with van der Waals surface area (Å²) in [7, 11) is -8.06. The number of alkyl halides is 1. The van der Waals surface area contributed by atoms with Crippen LogP contribution in [-0.4, -0.2) is 22.9 Å². The van der Waals surface area contributed by atoms with Gasteiger partial charge in [-0.1, -0.05) is 28.9 Å². The van der Waals surface area contributed by atoms with E-state index in [0.717, 1.165) is 31.2 Å². The first kappa shape index (κ1) is 21.5. The number of rotatable bonds is 4. The van der Waals surface area contributed by atoms with Crippen molar-refractivity contribution in [1.29, 1.82) is 0 Å². The third-order valence-corrected chi connectivity index (χ3v) is 8.88. The molecule has 0 heterocycles.